The van der Waals surface area contributed by atoms with Gasteiger partial charge in [-0.15, -0.1) is 0 Å². The van der Waals surface area contributed by atoms with Gasteiger partial charge in [-0.25, -0.2) is 0 Å². The number of hydrogen-bond donors (Lipinski definition) is 0. The molecule has 3 nitrogen and oxygen atoms in total. The average Bonchev–Trinajstić information content (AvgIpc) is 3.99. The molecule has 0 bridgehead atoms. The summed E-state index contributed by atoms with van der Waals surface area (Å²) in [7, 11) is 0. The Labute approximate surface area is 364 Å². The van der Waals surface area contributed by atoms with Crippen LogP contribution in [-0.2, 0) is 0 Å². The second-order valence-corrected chi connectivity index (χ2v) is 16.5. The van der Waals surface area contributed by atoms with Crippen LogP contribution in [0.5, 0.6) is 0 Å². The zero-order valence-corrected chi connectivity index (χ0v) is 34.4. The summed E-state index contributed by atoms with van der Waals surface area (Å²) in [5, 5.41) is 7.49. The van der Waals surface area contributed by atoms with E-state index in [0.29, 0.717) is 0 Å². The van der Waals surface area contributed by atoms with Crippen molar-refractivity contribution in [1.82, 2.24) is 13.7 Å². The van der Waals surface area contributed by atoms with Gasteiger partial charge >= 0.3 is 0 Å². The highest BCUT2D eigenvalue weighted by Gasteiger charge is 2.19. The van der Waals surface area contributed by atoms with E-state index in [1.807, 2.05) is 0 Å². The molecule has 10 aromatic carbocycles. The summed E-state index contributed by atoms with van der Waals surface area (Å²) in [5.74, 6) is 0. The molecule has 0 spiro atoms. The van der Waals surface area contributed by atoms with Gasteiger partial charge in [0, 0.05) is 49.3 Å². The Balaban J connectivity index is 0.980. The lowest BCUT2D eigenvalue weighted by Crippen LogP contribution is -1.98. The molecule has 63 heavy (non-hydrogen) atoms. The maximum absolute atomic E-state index is 2.47. The summed E-state index contributed by atoms with van der Waals surface area (Å²) in [6.45, 7) is 0. The fraction of sp³-hybridized carbons (Fsp3) is 0. The molecule has 0 fully saturated rings. The number of aromatic nitrogens is 3. The molecule has 0 unspecified atom stereocenters. The maximum atomic E-state index is 2.47. The largest absolute Gasteiger partial charge is 0.309 e. The van der Waals surface area contributed by atoms with Crippen LogP contribution in [0.15, 0.2) is 237 Å². The third-order valence-corrected chi connectivity index (χ3v) is 13.1. The molecule has 13 aromatic rings. The Hall–Kier alpha value is -8.40. The first-order chi connectivity index (χ1) is 31.3. The van der Waals surface area contributed by atoms with E-state index in [1.165, 1.54) is 104 Å². The second-order valence-electron chi connectivity index (χ2n) is 16.5. The molecule has 0 N–H and O–H groups in total. The first-order valence-electron chi connectivity index (χ1n) is 21.7. The van der Waals surface area contributed by atoms with Crippen molar-refractivity contribution >= 4 is 65.4 Å². The number of rotatable bonds is 6. The molecule has 0 amide bonds. The Morgan fingerprint density at radius 1 is 0.206 bits per heavy atom. The highest BCUT2D eigenvalue weighted by molar-refractivity contribution is 6.14. The van der Waals surface area contributed by atoms with E-state index in [9.17, 15) is 0 Å². The maximum Gasteiger partial charge on any atom is 0.0541 e. The molecule has 0 saturated heterocycles. The number of hydrogen-bond acceptors (Lipinski definition) is 0. The van der Waals surface area contributed by atoms with Crippen LogP contribution in [0, 0.1) is 0 Å². The first-order valence-corrected chi connectivity index (χ1v) is 21.7. The van der Waals surface area contributed by atoms with Crippen molar-refractivity contribution in [3.05, 3.63) is 237 Å². The van der Waals surface area contributed by atoms with Gasteiger partial charge in [0.15, 0.2) is 0 Å². The smallest absolute Gasteiger partial charge is 0.0541 e. The number of nitrogens with zero attached hydrogens (tertiary/aromatic N) is 3. The van der Waals surface area contributed by atoms with Gasteiger partial charge in [-0.1, -0.05) is 152 Å². The minimum Gasteiger partial charge on any atom is -0.309 e. The number of para-hydroxylation sites is 5. The molecule has 0 saturated carbocycles. The van der Waals surface area contributed by atoms with Crippen LogP contribution >= 0.6 is 0 Å². The average molecular weight is 802 g/mol. The molecule has 3 aromatic heterocycles. The lowest BCUT2D eigenvalue weighted by atomic mass is 9.99. The van der Waals surface area contributed by atoms with Gasteiger partial charge in [0.2, 0.25) is 0 Å². The molecular weight excluding hydrogens is 763 g/mol. The third kappa shape index (κ3) is 5.53. The fourth-order valence-electron chi connectivity index (χ4n) is 10.2. The Morgan fingerprint density at radius 2 is 0.571 bits per heavy atom. The zero-order chi connectivity index (χ0) is 41.4. The van der Waals surface area contributed by atoms with Gasteiger partial charge in [-0.05, 0) is 113 Å². The normalized spacial score (nSPS) is 11.8. The molecule has 0 atom stereocenters. The highest BCUT2D eigenvalue weighted by Crippen LogP contribution is 2.41. The van der Waals surface area contributed by atoms with E-state index >= 15 is 0 Å². The Bertz CT molecular complexity index is 3830. The molecule has 0 aliphatic heterocycles. The van der Waals surface area contributed by atoms with Crippen molar-refractivity contribution in [3.8, 4) is 50.4 Å². The molecule has 0 aliphatic rings. The SMILES string of the molecule is c1ccc(-c2ccc3c(c2)c2cc(-c4ccc5c(c4)c4ccccc4n5-c4ccccc4)ccc2n3-c2ccccc2-c2ccc(-n3c4ccccc4c4ccccc43)cc2)cc1. The summed E-state index contributed by atoms with van der Waals surface area (Å²) in [6, 6.07) is 86.5. The van der Waals surface area contributed by atoms with Crippen LogP contribution in [-0.4, -0.2) is 13.7 Å². The summed E-state index contributed by atoms with van der Waals surface area (Å²) < 4.78 is 7.23. The summed E-state index contributed by atoms with van der Waals surface area (Å²) >= 11 is 0. The van der Waals surface area contributed by atoms with Crippen molar-refractivity contribution in [3.63, 3.8) is 0 Å². The van der Waals surface area contributed by atoms with Crippen LogP contribution in [0.25, 0.3) is 116 Å². The third-order valence-electron chi connectivity index (χ3n) is 13.1. The van der Waals surface area contributed by atoms with Gasteiger partial charge in [-0.3, -0.25) is 0 Å². The molecular formula is C60H39N3. The van der Waals surface area contributed by atoms with Crippen molar-refractivity contribution in [2.24, 2.45) is 0 Å². The monoisotopic (exact) mass is 801 g/mol. The van der Waals surface area contributed by atoms with E-state index in [0.717, 1.165) is 11.4 Å². The second kappa shape index (κ2) is 14.1. The zero-order valence-electron chi connectivity index (χ0n) is 34.4. The lowest BCUT2D eigenvalue weighted by molar-refractivity contribution is 1.17. The molecule has 0 radical (unpaired) electrons. The Morgan fingerprint density at radius 3 is 1.13 bits per heavy atom. The van der Waals surface area contributed by atoms with Crippen LogP contribution in [0.2, 0.25) is 0 Å². The molecule has 3 heterocycles. The van der Waals surface area contributed by atoms with Crippen molar-refractivity contribution in [2.75, 3.05) is 0 Å². The van der Waals surface area contributed by atoms with E-state index in [1.54, 1.807) is 0 Å². The minimum atomic E-state index is 1.15. The summed E-state index contributed by atoms with van der Waals surface area (Å²) in [4.78, 5) is 0. The standard InChI is InChI=1S/C60H39N3/c1-3-15-40(16-4-1)42-29-35-59-52(37-42)53-39-44(43-30-34-58-51(38-43)50-22-10-14-26-57(50)61(58)45-17-5-2-6-18-45)31-36-60(53)63(59)54-23-11-7-19-47(54)41-27-32-46(33-28-41)62-55-24-12-8-20-48(55)49-21-9-13-25-56(49)62/h1-39H. The first kappa shape index (κ1) is 35.4. The van der Waals surface area contributed by atoms with Gasteiger partial charge in [0.05, 0.1) is 38.8 Å². The van der Waals surface area contributed by atoms with Gasteiger partial charge in [-0.2, -0.15) is 0 Å². The minimum absolute atomic E-state index is 1.15. The number of fused-ring (bicyclic) bond motifs is 9. The molecule has 0 aliphatic carbocycles. The van der Waals surface area contributed by atoms with Crippen LogP contribution in [0.4, 0.5) is 0 Å². The van der Waals surface area contributed by atoms with Crippen molar-refractivity contribution in [2.45, 2.75) is 0 Å². The van der Waals surface area contributed by atoms with Gasteiger partial charge < -0.3 is 13.7 Å². The predicted molar refractivity (Wildman–Crippen MR) is 266 cm³/mol. The van der Waals surface area contributed by atoms with Crippen molar-refractivity contribution in [1.29, 1.82) is 0 Å². The highest BCUT2D eigenvalue weighted by atomic mass is 15.0. The summed E-state index contributed by atoms with van der Waals surface area (Å²) in [6.07, 6.45) is 0. The fourth-order valence-corrected chi connectivity index (χ4v) is 10.2. The van der Waals surface area contributed by atoms with E-state index in [2.05, 4.69) is 250 Å². The lowest BCUT2D eigenvalue weighted by Gasteiger charge is -2.15. The quantitative estimate of drug-likeness (QED) is 0.159. The topological polar surface area (TPSA) is 14.8 Å². The van der Waals surface area contributed by atoms with Crippen LogP contribution in [0.3, 0.4) is 0 Å². The van der Waals surface area contributed by atoms with Gasteiger partial charge in [0.25, 0.3) is 0 Å². The van der Waals surface area contributed by atoms with Crippen molar-refractivity contribution < 1.29 is 0 Å². The van der Waals surface area contributed by atoms with E-state index in [4.69, 9.17) is 0 Å². The van der Waals surface area contributed by atoms with E-state index in [-0.39, 0.29) is 0 Å². The summed E-state index contributed by atoms with van der Waals surface area (Å²) in [5.41, 5.74) is 17.8. The molecule has 3 heteroatoms. The Kier molecular flexibility index (Phi) is 7.91. The molecule has 13 rings (SSSR count). The van der Waals surface area contributed by atoms with E-state index < -0.39 is 0 Å². The van der Waals surface area contributed by atoms with Gasteiger partial charge in [0.1, 0.15) is 0 Å². The molecule has 294 valence electrons. The predicted octanol–water partition coefficient (Wildman–Crippen LogP) is 16.0. The van der Waals surface area contributed by atoms with Crippen LogP contribution in [0.1, 0.15) is 0 Å². The number of benzene rings is 10. The van der Waals surface area contributed by atoms with Crippen LogP contribution < -0.4 is 0 Å².